The van der Waals surface area contributed by atoms with E-state index in [9.17, 15) is 4.39 Å². The zero-order valence-electron chi connectivity index (χ0n) is 10.2. The zero-order valence-corrected chi connectivity index (χ0v) is 11.8. The highest BCUT2D eigenvalue weighted by atomic mass is 79.9. The van der Waals surface area contributed by atoms with Crippen LogP contribution in [0.15, 0.2) is 41.0 Å². The van der Waals surface area contributed by atoms with Gasteiger partial charge in [-0.2, -0.15) is 0 Å². The highest BCUT2D eigenvalue weighted by Gasteiger charge is 2.06. The van der Waals surface area contributed by atoms with E-state index in [-0.39, 0.29) is 11.6 Å². The summed E-state index contributed by atoms with van der Waals surface area (Å²) in [6.07, 6.45) is 1.57. The summed E-state index contributed by atoms with van der Waals surface area (Å²) in [5.74, 6) is 0.299. The van der Waals surface area contributed by atoms with Crippen molar-refractivity contribution < 1.29 is 4.39 Å². The van der Waals surface area contributed by atoms with Crippen LogP contribution in [0, 0.1) is 5.82 Å². The minimum Gasteiger partial charge on any atom is -0.338 e. The second-order valence-electron chi connectivity index (χ2n) is 4.39. The fourth-order valence-corrected chi connectivity index (χ4v) is 1.92. The lowest BCUT2D eigenvalue weighted by Crippen LogP contribution is -1.98. The van der Waals surface area contributed by atoms with E-state index in [0.717, 1.165) is 5.69 Å². The number of nitrogens with one attached hydrogen (secondary N) is 1. The summed E-state index contributed by atoms with van der Waals surface area (Å²) in [5, 5.41) is 2.99. The predicted molar refractivity (Wildman–Crippen MR) is 75.7 cm³/mol. The van der Waals surface area contributed by atoms with Gasteiger partial charge in [0.05, 0.1) is 0 Å². The molecule has 0 aliphatic heterocycles. The van der Waals surface area contributed by atoms with Gasteiger partial charge in [-0.25, -0.2) is 9.37 Å². The largest absolute Gasteiger partial charge is 0.338 e. The summed E-state index contributed by atoms with van der Waals surface area (Å²) in [6, 6.07) is 9.31. The van der Waals surface area contributed by atoms with Gasteiger partial charge < -0.3 is 5.32 Å². The molecule has 0 aliphatic carbocycles. The molecule has 0 atom stereocenters. The Morgan fingerprint density at radius 2 is 2.06 bits per heavy atom. The lowest BCUT2D eigenvalue weighted by Gasteiger charge is -2.10. The van der Waals surface area contributed by atoms with Crippen LogP contribution in [0.4, 0.5) is 15.9 Å². The van der Waals surface area contributed by atoms with Crippen molar-refractivity contribution in [2.24, 2.45) is 0 Å². The van der Waals surface area contributed by atoms with Crippen LogP contribution in [-0.2, 0) is 0 Å². The molecule has 2 nitrogen and oxygen atoms in total. The van der Waals surface area contributed by atoms with Crippen molar-refractivity contribution in [2.45, 2.75) is 19.8 Å². The molecule has 0 fully saturated rings. The summed E-state index contributed by atoms with van der Waals surface area (Å²) < 4.78 is 14.3. The number of aromatic nitrogens is 1. The molecule has 0 aliphatic rings. The number of benzene rings is 1. The summed E-state index contributed by atoms with van der Waals surface area (Å²) in [7, 11) is 0. The van der Waals surface area contributed by atoms with Crippen molar-refractivity contribution in [1.29, 1.82) is 0 Å². The molecule has 0 unspecified atom stereocenters. The van der Waals surface area contributed by atoms with Crippen LogP contribution in [0.3, 0.4) is 0 Å². The van der Waals surface area contributed by atoms with E-state index in [4.69, 9.17) is 0 Å². The molecule has 0 radical (unpaired) electrons. The van der Waals surface area contributed by atoms with E-state index in [1.165, 1.54) is 11.6 Å². The average Bonchev–Trinajstić information content (AvgIpc) is 2.33. The molecule has 94 valence electrons. The van der Waals surface area contributed by atoms with Gasteiger partial charge in [0.2, 0.25) is 0 Å². The molecule has 0 saturated carbocycles. The Balaban J connectivity index is 2.25. The monoisotopic (exact) mass is 308 g/mol. The Labute approximate surface area is 114 Å². The first-order chi connectivity index (χ1) is 8.56. The van der Waals surface area contributed by atoms with Crippen molar-refractivity contribution in [3.8, 4) is 0 Å². The number of nitrogens with zero attached hydrogens (tertiary/aromatic N) is 1. The van der Waals surface area contributed by atoms with Crippen molar-refractivity contribution >= 4 is 27.4 Å². The number of hydrogen-bond acceptors (Lipinski definition) is 2. The topological polar surface area (TPSA) is 24.9 Å². The van der Waals surface area contributed by atoms with Crippen LogP contribution in [0.25, 0.3) is 0 Å². The molecule has 2 rings (SSSR count). The molecule has 0 amide bonds. The van der Waals surface area contributed by atoms with E-state index < -0.39 is 0 Å². The average molecular weight is 309 g/mol. The quantitative estimate of drug-likeness (QED) is 0.876. The third-order valence-corrected chi connectivity index (χ3v) is 3.06. The zero-order chi connectivity index (χ0) is 13.1. The van der Waals surface area contributed by atoms with E-state index in [0.29, 0.717) is 10.4 Å². The van der Waals surface area contributed by atoms with E-state index in [1.54, 1.807) is 6.20 Å². The smallest absolute Gasteiger partial charge is 0.166 e. The minimum atomic E-state index is -0.376. The van der Waals surface area contributed by atoms with Gasteiger partial charge in [0.1, 0.15) is 0 Å². The van der Waals surface area contributed by atoms with Gasteiger partial charge in [-0.05, 0) is 45.6 Å². The van der Waals surface area contributed by atoms with E-state index in [2.05, 4.69) is 46.1 Å². The maximum Gasteiger partial charge on any atom is 0.166 e. The third-order valence-electron chi connectivity index (χ3n) is 2.62. The Morgan fingerprint density at radius 3 is 2.72 bits per heavy atom. The maximum atomic E-state index is 13.6. The van der Waals surface area contributed by atoms with E-state index >= 15 is 0 Å². The van der Waals surface area contributed by atoms with Crippen molar-refractivity contribution in [2.75, 3.05) is 5.32 Å². The number of hydrogen-bond donors (Lipinski definition) is 1. The van der Waals surface area contributed by atoms with Gasteiger partial charge in [-0.3, -0.25) is 0 Å². The van der Waals surface area contributed by atoms with Crippen LogP contribution in [0.1, 0.15) is 25.3 Å². The van der Waals surface area contributed by atoms with Gasteiger partial charge in [-0.15, -0.1) is 0 Å². The molecule has 1 aromatic carbocycles. The molecule has 0 bridgehead atoms. The van der Waals surface area contributed by atoms with Gasteiger partial charge in [0.25, 0.3) is 0 Å². The fourth-order valence-electron chi connectivity index (χ4n) is 1.62. The summed E-state index contributed by atoms with van der Waals surface area (Å²) >= 11 is 3.18. The van der Waals surface area contributed by atoms with Crippen molar-refractivity contribution in [3.05, 3.63) is 52.4 Å². The van der Waals surface area contributed by atoms with Gasteiger partial charge in [-0.1, -0.05) is 26.0 Å². The van der Waals surface area contributed by atoms with Crippen LogP contribution in [0.2, 0.25) is 0 Å². The van der Waals surface area contributed by atoms with Crippen molar-refractivity contribution in [1.82, 2.24) is 4.98 Å². The number of rotatable bonds is 3. The first kappa shape index (κ1) is 13.0. The standard InChI is InChI=1S/C14H14BrFN2/c1-9(2)10-4-3-5-12(6-10)18-14-13(16)7-11(15)8-17-14/h3-9H,1-2H3,(H,17,18). The Morgan fingerprint density at radius 1 is 1.28 bits per heavy atom. The van der Waals surface area contributed by atoms with Crippen LogP contribution < -0.4 is 5.32 Å². The Hall–Kier alpha value is -1.42. The second-order valence-corrected chi connectivity index (χ2v) is 5.30. The molecule has 0 saturated heterocycles. The van der Waals surface area contributed by atoms with Crippen molar-refractivity contribution in [3.63, 3.8) is 0 Å². The molecule has 18 heavy (non-hydrogen) atoms. The predicted octanol–water partition coefficient (Wildman–Crippen LogP) is 4.85. The summed E-state index contributed by atoms with van der Waals surface area (Å²) in [6.45, 7) is 4.25. The molecule has 1 heterocycles. The number of anilines is 2. The number of halogens is 2. The van der Waals surface area contributed by atoms with Gasteiger partial charge in [0, 0.05) is 16.4 Å². The second kappa shape index (κ2) is 5.48. The SMILES string of the molecule is CC(C)c1cccc(Nc2ncc(Br)cc2F)c1. The molecule has 2 aromatic rings. The first-order valence-electron chi connectivity index (χ1n) is 5.74. The Kier molecular flexibility index (Phi) is 3.97. The first-order valence-corrected chi connectivity index (χ1v) is 6.53. The number of pyridine rings is 1. The van der Waals surface area contributed by atoms with Crippen LogP contribution in [0.5, 0.6) is 0 Å². The van der Waals surface area contributed by atoms with Gasteiger partial charge in [0.15, 0.2) is 11.6 Å². The molecular weight excluding hydrogens is 295 g/mol. The normalized spacial score (nSPS) is 10.7. The molecule has 4 heteroatoms. The van der Waals surface area contributed by atoms with Crippen LogP contribution >= 0.6 is 15.9 Å². The summed E-state index contributed by atoms with van der Waals surface area (Å²) in [4.78, 5) is 4.01. The highest BCUT2D eigenvalue weighted by Crippen LogP contribution is 2.23. The fraction of sp³-hybridized carbons (Fsp3) is 0.214. The lowest BCUT2D eigenvalue weighted by atomic mass is 10.0. The molecule has 0 spiro atoms. The third kappa shape index (κ3) is 3.07. The summed E-state index contributed by atoms with van der Waals surface area (Å²) in [5.41, 5.74) is 2.05. The maximum absolute atomic E-state index is 13.6. The molecular formula is C14H14BrFN2. The highest BCUT2D eigenvalue weighted by molar-refractivity contribution is 9.10. The molecule has 1 N–H and O–H groups in total. The minimum absolute atomic E-state index is 0.235. The van der Waals surface area contributed by atoms with E-state index in [1.807, 2.05) is 18.2 Å². The van der Waals surface area contributed by atoms with Gasteiger partial charge >= 0.3 is 0 Å². The molecule has 1 aromatic heterocycles. The Bertz CT molecular complexity index is 555. The lowest BCUT2D eigenvalue weighted by molar-refractivity contribution is 0.625. The van der Waals surface area contributed by atoms with Crippen LogP contribution in [-0.4, -0.2) is 4.98 Å².